The van der Waals surface area contributed by atoms with Gasteiger partial charge in [-0.1, -0.05) is 0 Å². The normalized spacial score (nSPS) is 18.3. The first-order valence-corrected chi connectivity index (χ1v) is 9.13. The minimum absolute atomic E-state index is 0.0996. The van der Waals surface area contributed by atoms with Crippen LogP contribution in [0.2, 0.25) is 0 Å². The summed E-state index contributed by atoms with van der Waals surface area (Å²) in [6, 6.07) is 2.00. The highest BCUT2D eigenvalue weighted by Crippen LogP contribution is 2.26. The van der Waals surface area contributed by atoms with Crippen LogP contribution in [-0.4, -0.2) is 55.1 Å². The van der Waals surface area contributed by atoms with Crippen LogP contribution in [0, 0.1) is 6.92 Å². The molecule has 0 radical (unpaired) electrons. The first kappa shape index (κ1) is 17.0. The zero-order chi connectivity index (χ0) is 18.1. The summed E-state index contributed by atoms with van der Waals surface area (Å²) in [5, 5.41) is 7.62. The number of thiazole rings is 1. The van der Waals surface area contributed by atoms with E-state index in [1.54, 1.807) is 4.52 Å². The summed E-state index contributed by atoms with van der Waals surface area (Å²) in [5.41, 5.74) is 1.85. The van der Waals surface area contributed by atoms with E-state index in [0.29, 0.717) is 17.5 Å². The molecule has 1 fully saturated rings. The first-order chi connectivity index (χ1) is 12.6. The summed E-state index contributed by atoms with van der Waals surface area (Å²) < 4.78 is 7.73. The van der Waals surface area contributed by atoms with E-state index < -0.39 is 0 Å². The molecule has 26 heavy (non-hydrogen) atoms. The maximum absolute atomic E-state index is 11.1. The molecule has 4 heterocycles. The molecule has 1 saturated heterocycles. The molecular formula is C16H19N7O2S. The van der Waals surface area contributed by atoms with Gasteiger partial charge in [-0.15, -0.1) is 11.3 Å². The van der Waals surface area contributed by atoms with Gasteiger partial charge in [-0.05, 0) is 13.0 Å². The van der Waals surface area contributed by atoms with Crippen LogP contribution in [0.3, 0.4) is 0 Å². The van der Waals surface area contributed by atoms with Gasteiger partial charge in [0, 0.05) is 43.3 Å². The second-order valence-electron chi connectivity index (χ2n) is 6.20. The fourth-order valence-electron chi connectivity index (χ4n) is 3.02. The second kappa shape index (κ2) is 7.06. The molecule has 9 nitrogen and oxygen atoms in total. The number of aromatic nitrogens is 5. The summed E-state index contributed by atoms with van der Waals surface area (Å²) in [4.78, 5) is 27.4. The Kier molecular flexibility index (Phi) is 4.62. The SMILES string of the molecule is CC(=O)Nc1ncc(CN2CCOC(c3cc(C)nc4ncnn34)C2)s1. The Morgan fingerprint density at radius 2 is 2.35 bits per heavy atom. The number of carbonyl (C=O) groups excluding carboxylic acids is 1. The van der Waals surface area contributed by atoms with E-state index in [-0.39, 0.29) is 12.0 Å². The fraction of sp³-hybridized carbons (Fsp3) is 0.438. The highest BCUT2D eigenvalue weighted by Gasteiger charge is 2.25. The topological polar surface area (TPSA) is 97.5 Å². The largest absolute Gasteiger partial charge is 0.369 e. The second-order valence-corrected chi connectivity index (χ2v) is 7.32. The molecule has 1 aliphatic rings. The van der Waals surface area contributed by atoms with Gasteiger partial charge in [0.1, 0.15) is 12.4 Å². The van der Waals surface area contributed by atoms with Crippen molar-refractivity contribution in [1.82, 2.24) is 29.5 Å². The molecule has 0 spiro atoms. The number of anilines is 1. The third kappa shape index (κ3) is 3.57. The lowest BCUT2D eigenvalue weighted by Gasteiger charge is -2.32. The number of aryl methyl sites for hydroxylation is 1. The van der Waals surface area contributed by atoms with Crippen molar-refractivity contribution in [1.29, 1.82) is 0 Å². The summed E-state index contributed by atoms with van der Waals surface area (Å²) in [5.74, 6) is 0.477. The van der Waals surface area contributed by atoms with Crippen LogP contribution in [-0.2, 0) is 16.1 Å². The van der Waals surface area contributed by atoms with E-state index in [2.05, 4.69) is 30.3 Å². The Balaban J connectivity index is 1.49. The van der Waals surface area contributed by atoms with Gasteiger partial charge >= 0.3 is 0 Å². The maximum Gasteiger partial charge on any atom is 0.252 e. The molecule has 1 atom stereocenters. The van der Waals surface area contributed by atoms with Gasteiger partial charge in [-0.2, -0.15) is 14.6 Å². The molecule has 1 aliphatic heterocycles. The van der Waals surface area contributed by atoms with Gasteiger partial charge in [0.2, 0.25) is 5.91 Å². The zero-order valence-electron chi connectivity index (χ0n) is 14.5. The molecule has 10 heteroatoms. The minimum atomic E-state index is -0.109. The molecule has 3 aromatic heterocycles. The number of hydrogen-bond acceptors (Lipinski definition) is 8. The van der Waals surface area contributed by atoms with Gasteiger partial charge < -0.3 is 10.1 Å². The Morgan fingerprint density at radius 1 is 1.46 bits per heavy atom. The number of morpholine rings is 1. The van der Waals surface area contributed by atoms with Gasteiger partial charge in [0.25, 0.3) is 5.78 Å². The predicted octanol–water partition coefficient (Wildman–Crippen LogP) is 1.42. The van der Waals surface area contributed by atoms with Crippen LogP contribution in [0.15, 0.2) is 18.6 Å². The smallest absolute Gasteiger partial charge is 0.252 e. The quantitative estimate of drug-likeness (QED) is 0.738. The number of nitrogens with zero attached hydrogens (tertiary/aromatic N) is 6. The van der Waals surface area contributed by atoms with E-state index in [0.717, 1.165) is 35.9 Å². The highest BCUT2D eigenvalue weighted by molar-refractivity contribution is 7.15. The van der Waals surface area contributed by atoms with Crippen molar-refractivity contribution in [3.8, 4) is 0 Å². The molecule has 136 valence electrons. The monoisotopic (exact) mass is 373 g/mol. The van der Waals surface area contributed by atoms with Crippen LogP contribution >= 0.6 is 11.3 Å². The maximum atomic E-state index is 11.1. The molecule has 3 aromatic rings. The van der Waals surface area contributed by atoms with Crippen LogP contribution in [0.1, 0.15) is 29.3 Å². The number of amides is 1. The van der Waals surface area contributed by atoms with Crippen LogP contribution in [0.5, 0.6) is 0 Å². The molecule has 0 bridgehead atoms. The molecule has 0 aromatic carbocycles. The Labute approximate surface area is 154 Å². The lowest BCUT2D eigenvalue weighted by atomic mass is 10.2. The lowest BCUT2D eigenvalue weighted by molar-refractivity contribution is -0.114. The Bertz CT molecular complexity index is 938. The number of hydrogen-bond donors (Lipinski definition) is 1. The van der Waals surface area contributed by atoms with E-state index in [1.165, 1.54) is 24.6 Å². The minimum Gasteiger partial charge on any atom is -0.369 e. The van der Waals surface area contributed by atoms with Gasteiger partial charge in [0.15, 0.2) is 5.13 Å². The number of fused-ring (bicyclic) bond motifs is 1. The van der Waals surface area contributed by atoms with Crippen molar-refractivity contribution in [2.75, 3.05) is 25.0 Å². The Morgan fingerprint density at radius 3 is 3.19 bits per heavy atom. The van der Waals surface area contributed by atoms with Crippen LogP contribution < -0.4 is 5.32 Å². The average Bonchev–Trinajstić information content (AvgIpc) is 3.23. The average molecular weight is 373 g/mol. The van der Waals surface area contributed by atoms with E-state index in [1.807, 2.05) is 19.2 Å². The highest BCUT2D eigenvalue weighted by atomic mass is 32.1. The standard InChI is InChI=1S/C16H19N7O2S/c1-10-5-13(23-15(20-10)18-9-19-23)14-8-22(3-4-25-14)7-12-6-17-16(26-12)21-11(2)24/h5-6,9,14H,3-4,7-8H2,1-2H3,(H,17,21,24). The van der Waals surface area contributed by atoms with Crippen molar-refractivity contribution in [3.05, 3.63) is 34.9 Å². The third-order valence-electron chi connectivity index (χ3n) is 4.10. The Hall–Kier alpha value is -2.43. The van der Waals surface area contributed by atoms with Crippen molar-refractivity contribution in [2.24, 2.45) is 0 Å². The van der Waals surface area contributed by atoms with Crippen molar-refractivity contribution < 1.29 is 9.53 Å². The summed E-state index contributed by atoms with van der Waals surface area (Å²) >= 11 is 1.50. The third-order valence-corrected chi connectivity index (χ3v) is 5.00. The first-order valence-electron chi connectivity index (χ1n) is 8.32. The summed E-state index contributed by atoms with van der Waals surface area (Å²) in [7, 11) is 0. The molecular weight excluding hydrogens is 354 g/mol. The summed E-state index contributed by atoms with van der Waals surface area (Å²) in [6.45, 7) is 6.41. The number of nitrogens with one attached hydrogen (secondary N) is 1. The molecule has 0 aliphatic carbocycles. The number of rotatable bonds is 4. The molecule has 4 rings (SSSR count). The molecule has 1 unspecified atom stereocenters. The number of ether oxygens (including phenoxy) is 1. The van der Waals surface area contributed by atoms with E-state index in [4.69, 9.17) is 4.74 Å². The lowest BCUT2D eigenvalue weighted by Crippen LogP contribution is -2.38. The van der Waals surface area contributed by atoms with Gasteiger partial charge in [-0.3, -0.25) is 9.69 Å². The zero-order valence-corrected chi connectivity index (χ0v) is 15.4. The van der Waals surface area contributed by atoms with Crippen molar-refractivity contribution in [2.45, 2.75) is 26.5 Å². The number of carbonyl (C=O) groups is 1. The predicted molar refractivity (Wildman–Crippen MR) is 95.9 cm³/mol. The van der Waals surface area contributed by atoms with Crippen LogP contribution in [0.4, 0.5) is 5.13 Å². The fourth-order valence-corrected chi connectivity index (χ4v) is 3.92. The van der Waals surface area contributed by atoms with Gasteiger partial charge in [0.05, 0.1) is 12.3 Å². The van der Waals surface area contributed by atoms with E-state index >= 15 is 0 Å². The molecule has 1 N–H and O–H groups in total. The van der Waals surface area contributed by atoms with E-state index in [9.17, 15) is 4.79 Å². The molecule has 0 saturated carbocycles. The van der Waals surface area contributed by atoms with Crippen LogP contribution in [0.25, 0.3) is 5.78 Å². The van der Waals surface area contributed by atoms with Crippen molar-refractivity contribution in [3.63, 3.8) is 0 Å². The van der Waals surface area contributed by atoms with Gasteiger partial charge in [-0.25, -0.2) is 9.97 Å². The molecule has 1 amide bonds. The van der Waals surface area contributed by atoms with Crippen molar-refractivity contribution >= 4 is 28.2 Å². The summed E-state index contributed by atoms with van der Waals surface area (Å²) in [6.07, 6.45) is 3.22.